The van der Waals surface area contributed by atoms with Gasteiger partial charge >= 0.3 is 0 Å². The molecule has 5 heteroatoms. The first-order chi connectivity index (χ1) is 3.42. The average molecular weight is 138 g/mol. The number of rotatable bonds is 2. The SMILES string of the molecule is C[N+](C)(C)NS(=O)[O-]. The molecule has 0 aliphatic carbocycles. The summed E-state index contributed by atoms with van der Waals surface area (Å²) in [4.78, 5) is 2.24. The molecular weight excluding hydrogens is 128 g/mol. The molecule has 0 spiro atoms. The van der Waals surface area contributed by atoms with Gasteiger partial charge < -0.3 is 4.55 Å². The van der Waals surface area contributed by atoms with Crippen molar-refractivity contribution < 1.29 is 13.4 Å². The van der Waals surface area contributed by atoms with Gasteiger partial charge in [0.15, 0.2) is 0 Å². The second kappa shape index (κ2) is 2.54. The summed E-state index contributed by atoms with van der Waals surface area (Å²) in [6.07, 6.45) is 0. The van der Waals surface area contributed by atoms with Crippen molar-refractivity contribution in [2.24, 2.45) is 0 Å². The van der Waals surface area contributed by atoms with Gasteiger partial charge in [-0.3, -0.25) is 4.21 Å². The molecule has 0 saturated carbocycles. The Hall–Kier alpha value is 0.0300. The molecular formula is C3H10N2O2S. The summed E-state index contributed by atoms with van der Waals surface area (Å²) in [5.41, 5.74) is 0. The van der Waals surface area contributed by atoms with Gasteiger partial charge in [-0.15, -0.1) is 0 Å². The number of hydrogen-bond acceptors (Lipinski definition) is 2. The van der Waals surface area contributed by atoms with E-state index in [2.05, 4.69) is 4.83 Å². The lowest BCUT2D eigenvalue weighted by Gasteiger charge is -2.24. The van der Waals surface area contributed by atoms with Crippen LogP contribution in [0.15, 0.2) is 0 Å². The molecule has 0 aromatic carbocycles. The zero-order valence-electron chi connectivity index (χ0n) is 5.17. The summed E-state index contributed by atoms with van der Waals surface area (Å²) in [5, 5.41) is 0. The minimum Gasteiger partial charge on any atom is -0.756 e. The van der Waals surface area contributed by atoms with Crippen LogP contribution in [-0.4, -0.2) is 34.5 Å². The number of nitrogens with zero attached hydrogens (tertiary/aromatic N) is 1. The number of nitrogens with one attached hydrogen (secondary N) is 1. The third kappa shape index (κ3) is 6.03. The van der Waals surface area contributed by atoms with Crippen molar-refractivity contribution >= 4 is 11.3 Å². The summed E-state index contributed by atoms with van der Waals surface area (Å²) in [7, 11) is 5.15. The molecule has 0 saturated heterocycles. The Morgan fingerprint density at radius 2 is 1.88 bits per heavy atom. The van der Waals surface area contributed by atoms with Gasteiger partial charge in [0.05, 0.1) is 32.4 Å². The van der Waals surface area contributed by atoms with Crippen LogP contribution in [0.2, 0.25) is 0 Å². The van der Waals surface area contributed by atoms with Crippen LogP contribution in [0.5, 0.6) is 0 Å². The Morgan fingerprint density at radius 3 is 1.88 bits per heavy atom. The van der Waals surface area contributed by atoms with Gasteiger partial charge in [-0.2, -0.15) is 0 Å². The van der Waals surface area contributed by atoms with E-state index in [1.165, 1.54) is 0 Å². The van der Waals surface area contributed by atoms with Crippen LogP contribution < -0.4 is 4.83 Å². The van der Waals surface area contributed by atoms with Crippen molar-refractivity contribution in [3.05, 3.63) is 0 Å². The Morgan fingerprint density at radius 1 is 1.50 bits per heavy atom. The van der Waals surface area contributed by atoms with Gasteiger partial charge in [-0.25, -0.2) is 4.59 Å². The van der Waals surface area contributed by atoms with Crippen molar-refractivity contribution in [3.63, 3.8) is 0 Å². The lowest BCUT2D eigenvalue weighted by Crippen LogP contribution is -2.48. The van der Waals surface area contributed by atoms with E-state index in [9.17, 15) is 8.76 Å². The summed E-state index contributed by atoms with van der Waals surface area (Å²) < 4.78 is 20.0. The Kier molecular flexibility index (Phi) is 2.55. The van der Waals surface area contributed by atoms with Gasteiger partial charge in [0.1, 0.15) is 0 Å². The van der Waals surface area contributed by atoms with Gasteiger partial charge in [0, 0.05) is 0 Å². The maximum atomic E-state index is 9.89. The summed E-state index contributed by atoms with van der Waals surface area (Å²) in [6.45, 7) is 0. The lowest BCUT2D eigenvalue weighted by atomic mass is 10.9. The second-order valence-electron chi connectivity index (χ2n) is 2.34. The smallest absolute Gasteiger partial charge is 0.0862 e. The van der Waals surface area contributed by atoms with Gasteiger partial charge in [-0.1, -0.05) is 4.83 Å². The molecule has 0 radical (unpaired) electrons. The maximum Gasteiger partial charge on any atom is 0.0862 e. The Balaban J connectivity index is 3.55. The van der Waals surface area contributed by atoms with Crippen LogP contribution >= 0.6 is 0 Å². The molecule has 0 aromatic rings. The van der Waals surface area contributed by atoms with E-state index in [1.807, 2.05) is 0 Å². The molecule has 0 heterocycles. The van der Waals surface area contributed by atoms with Crippen molar-refractivity contribution in [1.29, 1.82) is 0 Å². The number of hydrogen-bond donors (Lipinski definition) is 1. The van der Waals surface area contributed by atoms with E-state index >= 15 is 0 Å². The molecule has 0 bridgehead atoms. The van der Waals surface area contributed by atoms with Crippen LogP contribution in [0.25, 0.3) is 0 Å². The third-order valence-electron chi connectivity index (χ3n) is 0.348. The molecule has 1 N–H and O–H groups in total. The van der Waals surface area contributed by atoms with Crippen LogP contribution in [0.3, 0.4) is 0 Å². The zero-order chi connectivity index (χ0) is 6.78. The fourth-order valence-electron chi connectivity index (χ4n) is 0.224. The van der Waals surface area contributed by atoms with Crippen molar-refractivity contribution in [1.82, 2.24) is 4.83 Å². The molecule has 50 valence electrons. The van der Waals surface area contributed by atoms with E-state index in [0.717, 1.165) is 0 Å². The standard InChI is InChI=1S/C3H10N2O2S/c1-5(2,3)4-8(6)7/h4H,1-3H3. The maximum absolute atomic E-state index is 9.89. The highest BCUT2D eigenvalue weighted by atomic mass is 32.2. The van der Waals surface area contributed by atoms with E-state index in [-0.39, 0.29) is 4.59 Å². The minimum absolute atomic E-state index is 0.218. The molecule has 0 fully saturated rings. The predicted molar refractivity (Wildman–Crippen MR) is 30.1 cm³/mol. The molecule has 0 aliphatic rings. The molecule has 1 atom stereocenters. The first kappa shape index (κ1) is 8.03. The van der Waals surface area contributed by atoms with E-state index in [4.69, 9.17) is 0 Å². The fourth-order valence-corrected chi connectivity index (χ4v) is 0.671. The van der Waals surface area contributed by atoms with Crippen LogP contribution in [0.4, 0.5) is 0 Å². The quantitative estimate of drug-likeness (QED) is 0.302. The second-order valence-corrected chi connectivity index (χ2v) is 2.99. The van der Waals surface area contributed by atoms with Crippen molar-refractivity contribution in [3.8, 4) is 0 Å². The topological polar surface area (TPSA) is 52.2 Å². The monoisotopic (exact) mass is 138 g/mol. The molecule has 8 heavy (non-hydrogen) atoms. The van der Waals surface area contributed by atoms with Crippen LogP contribution in [0, 0.1) is 0 Å². The van der Waals surface area contributed by atoms with E-state index < -0.39 is 11.3 Å². The van der Waals surface area contributed by atoms with Gasteiger partial charge in [-0.05, 0) is 0 Å². The molecule has 1 unspecified atom stereocenters. The average Bonchev–Trinajstić information content (AvgIpc) is 1.21. The largest absolute Gasteiger partial charge is 0.756 e. The fraction of sp³-hybridized carbons (Fsp3) is 1.00. The van der Waals surface area contributed by atoms with Crippen LogP contribution in [-0.2, 0) is 11.3 Å². The van der Waals surface area contributed by atoms with E-state index in [0.29, 0.717) is 0 Å². The lowest BCUT2D eigenvalue weighted by molar-refractivity contribution is -0.900. The summed E-state index contributed by atoms with van der Waals surface area (Å²) in [5.74, 6) is 0. The third-order valence-corrected chi connectivity index (χ3v) is 1.05. The Bertz CT molecular complexity index is 97.9. The van der Waals surface area contributed by atoms with Crippen LogP contribution in [0.1, 0.15) is 0 Å². The zero-order valence-corrected chi connectivity index (χ0v) is 5.99. The molecule has 0 amide bonds. The molecule has 4 nitrogen and oxygen atoms in total. The van der Waals surface area contributed by atoms with E-state index in [1.54, 1.807) is 21.1 Å². The first-order valence-electron chi connectivity index (χ1n) is 2.10. The highest BCUT2D eigenvalue weighted by molar-refractivity contribution is 7.76. The highest BCUT2D eigenvalue weighted by Crippen LogP contribution is 1.80. The van der Waals surface area contributed by atoms with Gasteiger partial charge in [0.2, 0.25) is 0 Å². The highest BCUT2D eigenvalue weighted by Gasteiger charge is 2.03. The van der Waals surface area contributed by atoms with Gasteiger partial charge in [0.25, 0.3) is 0 Å². The summed E-state index contributed by atoms with van der Waals surface area (Å²) in [6, 6.07) is 0. The first-order valence-corrected chi connectivity index (χ1v) is 3.18. The predicted octanol–water partition coefficient (Wildman–Crippen LogP) is -1.01. The van der Waals surface area contributed by atoms with Crippen molar-refractivity contribution in [2.75, 3.05) is 21.1 Å². The molecule has 0 aromatic heterocycles. The summed E-state index contributed by atoms with van der Waals surface area (Å²) >= 11 is -2.16. The Labute approximate surface area is 51.5 Å². The molecule has 0 rings (SSSR count). The normalized spacial score (nSPS) is 16.0. The van der Waals surface area contributed by atoms with Crippen molar-refractivity contribution in [2.45, 2.75) is 0 Å². The minimum atomic E-state index is -2.16. The number of quaternary nitrogens is 1. The molecule has 0 aliphatic heterocycles.